The molecule has 0 saturated carbocycles. The van der Waals surface area contributed by atoms with Crippen LogP contribution < -0.4 is 0 Å². The van der Waals surface area contributed by atoms with E-state index in [9.17, 15) is 5.11 Å². The van der Waals surface area contributed by atoms with E-state index in [1.807, 2.05) is 24.0 Å². The molecule has 1 heterocycles. The van der Waals surface area contributed by atoms with Crippen molar-refractivity contribution in [3.05, 3.63) is 18.2 Å². The molecule has 0 amide bonds. The van der Waals surface area contributed by atoms with Gasteiger partial charge in [-0.15, -0.1) is 0 Å². The Kier molecular flexibility index (Phi) is 6.27. The fourth-order valence-electron chi connectivity index (χ4n) is 2.28. The number of aromatic nitrogens is 2. The number of aliphatic hydroxyl groups is 1. The zero-order valence-electron chi connectivity index (χ0n) is 11.4. The largest absolute Gasteiger partial charge is 0.393 e. The molecule has 0 aliphatic carbocycles. The standard InChI is InChI=1S/C14H26N2O/c1-4-6-7-12(5-2)13(17)8-9-14-15-10-11-16(14)3/h10-13,17H,4-9H2,1-3H3. The number of aryl methyl sites for hydroxylation is 2. The summed E-state index contributed by atoms with van der Waals surface area (Å²) in [6, 6.07) is 0. The highest BCUT2D eigenvalue weighted by molar-refractivity contribution is 4.91. The Hall–Kier alpha value is -0.830. The van der Waals surface area contributed by atoms with E-state index in [1.165, 1.54) is 12.8 Å². The van der Waals surface area contributed by atoms with Gasteiger partial charge in [0.2, 0.25) is 0 Å². The van der Waals surface area contributed by atoms with E-state index in [0.717, 1.165) is 31.5 Å². The van der Waals surface area contributed by atoms with E-state index < -0.39 is 0 Å². The third kappa shape index (κ3) is 4.50. The molecular weight excluding hydrogens is 212 g/mol. The first-order valence-corrected chi connectivity index (χ1v) is 6.83. The van der Waals surface area contributed by atoms with Crippen molar-refractivity contribution >= 4 is 0 Å². The molecule has 2 atom stereocenters. The van der Waals surface area contributed by atoms with Crippen LogP contribution in [0.3, 0.4) is 0 Å². The van der Waals surface area contributed by atoms with Gasteiger partial charge < -0.3 is 9.67 Å². The van der Waals surface area contributed by atoms with E-state index in [2.05, 4.69) is 18.8 Å². The van der Waals surface area contributed by atoms with Gasteiger partial charge in [-0.1, -0.05) is 33.1 Å². The average Bonchev–Trinajstić information content (AvgIpc) is 2.73. The lowest BCUT2D eigenvalue weighted by molar-refractivity contribution is 0.0899. The van der Waals surface area contributed by atoms with Gasteiger partial charge in [-0.05, 0) is 18.8 Å². The molecule has 1 N–H and O–H groups in total. The van der Waals surface area contributed by atoms with Crippen LogP contribution in [0.4, 0.5) is 0 Å². The maximum atomic E-state index is 10.2. The van der Waals surface area contributed by atoms with Crippen molar-refractivity contribution < 1.29 is 5.11 Å². The molecule has 1 rings (SSSR count). The first kappa shape index (κ1) is 14.2. The van der Waals surface area contributed by atoms with Crippen LogP contribution in [0.5, 0.6) is 0 Å². The van der Waals surface area contributed by atoms with E-state index in [0.29, 0.717) is 5.92 Å². The lowest BCUT2D eigenvalue weighted by atomic mass is 9.91. The van der Waals surface area contributed by atoms with E-state index in [4.69, 9.17) is 0 Å². The highest BCUT2D eigenvalue weighted by Gasteiger charge is 2.17. The lowest BCUT2D eigenvalue weighted by Crippen LogP contribution is -2.21. The molecule has 0 aliphatic heterocycles. The molecule has 0 saturated heterocycles. The molecule has 0 aliphatic rings. The van der Waals surface area contributed by atoms with Crippen molar-refractivity contribution in [2.75, 3.05) is 0 Å². The number of hydrogen-bond acceptors (Lipinski definition) is 2. The van der Waals surface area contributed by atoms with Gasteiger partial charge in [-0.2, -0.15) is 0 Å². The van der Waals surface area contributed by atoms with Gasteiger partial charge in [0.1, 0.15) is 5.82 Å². The molecule has 1 aromatic rings. The quantitative estimate of drug-likeness (QED) is 0.756. The number of imidazole rings is 1. The van der Waals surface area contributed by atoms with Crippen LogP contribution in [0.1, 0.15) is 51.8 Å². The number of unbranched alkanes of at least 4 members (excludes halogenated alkanes) is 1. The van der Waals surface area contributed by atoms with Gasteiger partial charge in [0.15, 0.2) is 0 Å². The van der Waals surface area contributed by atoms with Gasteiger partial charge in [0.05, 0.1) is 6.10 Å². The molecule has 0 spiro atoms. The Labute approximate surface area is 105 Å². The van der Waals surface area contributed by atoms with Crippen molar-refractivity contribution in [1.82, 2.24) is 9.55 Å². The number of rotatable bonds is 8. The van der Waals surface area contributed by atoms with Crippen molar-refractivity contribution in [3.8, 4) is 0 Å². The molecule has 17 heavy (non-hydrogen) atoms. The van der Waals surface area contributed by atoms with E-state index in [-0.39, 0.29) is 6.10 Å². The van der Waals surface area contributed by atoms with Crippen molar-refractivity contribution in [2.24, 2.45) is 13.0 Å². The van der Waals surface area contributed by atoms with Gasteiger partial charge in [0.25, 0.3) is 0 Å². The minimum Gasteiger partial charge on any atom is -0.393 e. The molecule has 0 bridgehead atoms. The molecule has 0 radical (unpaired) electrons. The summed E-state index contributed by atoms with van der Waals surface area (Å²) in [5.74, 6) is 1.52. The zero-order chi connectivity index (χ0) is 12.7. The molecule has 1 aromatic heterocycles. The third-order valence-corrected chi connectivity index (χ3v) is 3.58. The molecule has 2 unspecified atom stereocenters. The molecule has 0 aromatic carbocycles. The van der Waals surface area contributed by atoms with Crippen molar-refractivity contribution in [3.63, 3.8) is 0 Å². The van der Waals surface area contributed by atoms with Gasteiger partial charge >= 0.3 is 0 Å². The summed E-state index contributed by atoms with van der Waals surface area (Å²) in [5, 5.41) is 10.2. The van der Waals surface area contributed by atoms with Crippen LogP contribution >= 0.6 is 0 Å². The Morgan fingerprint density at radius 1 is 1.35 bits per heavy atom. The monoisotopic (exact) mass is 238 g/mol. The maximum Gasteiger partial charge on any atom is 0.108 e. The molecule has 0 fully saturated rings. The van der Waals surface area contributed by atoms with Gasteiger partial charge in [-0.3, -0.25) is 0 Å². The zero-order valence-corrected chi connectivity index (χ0v) is 11.4. The predicted molar refractivity (Wildman–Crippen MR) is 70.8 cm³/mol. The number of aliphatic hydroxyl groups excluding tert-OH is 1. The molecule has 98 valence electrons. The van der Waals surface area contributed by atoms with Crippen LogP contribution in [0.15, 0.2) is 12.4 Å². The first-order valence-electron chi connectivity index (χ1n) is 6.83. The maximum absolute atomic E-state index is 10.2. The summed E-state index contributed by atoms with van der Waals surface area (Å²) in [7, 11) is 2.00. The second-order valence-electron chi connectivity index (χ2n) is 4.87. The van der Waals surface area contributed by atoms with Gasteiger partial charge in [-0.25, -0.2) is 4.98 Å². The van der Waals surface area contributed by atoms with Crippen molar-refractivity contribution in [2.45, 2.75) is 58.5 Å². The second-order valence-corrected chi connectivity index (χ2v) is 4.87. The fraction of sp³-hybridized carbons (Fsp3) is 0.786. The number of nitrogens with zero attached hydrogens (tertiary/aromatic N) is 2. The van der Waals surface area contributed by atoms with E-state index >= 15 is 0 Å². The molecule has 3 nitrogen and oxygen atoms in total. The SMILES string of the molecule is CCCCC(CC)C(O)CCc1nccn1C. The average molecular weight is 238 g/mol. The Balaban J connectivity index is 2.36. The van der Waals surface area contributed by atoms with Crippen LogP contribution in [0, 0.1) is 5.92 Å². The van der Waals surface area contributed by atoms with Crippen LogP contribution in [-0.2, 0) is 13.5 Å². The van der Waals surface area contributed by atoms with Gasteiger partial charge in [0, 0.05) is 25.9 Å². The summed E-state index contributed by atoms with van der Waals surface area (Å²) in [6.45, 7) is 4.37. The summed E-state index contributed by atoms with van der Waals surface area (Å²) in [5.41, 5.74) is 0. The van der Waals surface area contributed by atoms with Crippen molar-refractivity contribution in [1.29, 1.82) is 0 Å². The smallest absolute Gasteiger partial charge is 0.108 e. The molecular formula is C14H26N2O. The summed E-state index contributed by atoms with van der Waals surface area (Å²) < 4.78 is 2.03. The Morgan fingerprint density at radius 2 is 2.12 bits per heavy atom. The summed E-state index contributed by atoms with van der Waals surface area (Å²) in [6.07, 6.45) is 9.94. The summed E-state index contributed by atoms with van der Waals surface area (Å²) >= 11 is 0. The Bertz CT molecular complexity index is 309. The highest BCUT2D eigenvalue weighted by atomic mass is 16.3. The normalized spacial score (nSPS) is 14.8. The lowest BCUT2D eigenvalue weighted by Gasteiger charge is -2.21. The van der Waals surface area contributed by atoms with Crippen LogP contribution in [0.25, 0.3) is 0 Å². The third-order valence-electron chi connectivity index (χ3n) is 3.58. The second kappa shape index (κ2) is 7.49. The number of hydrogen-bond donors (Lipinski definition) is 1. The minimum absolute atomic E-state index is 0.178. The van der Waals surface area contributed by atoms with E-state index in [1.54, 1.807) is 0 Å². The fourth-order valence-corrected chi connectivity index (χ4v) is 2.28. The summed E-state index contributed by atoms with van der Waals surface area (Å²) in [4.78, 5) is 4.29. The Morgan fingerprint density at radius 3 is 2.65 bits per heavy atom. The minimum atomic E-state index is -0.178. The topological polar surface area (TPSA) is 38.1 Å². The molecule has 3 heteroatoms. The highest BCUT2D eigenvalue weighted by Crippen LogP contribution is 2.20. The van der Waals surface area contributed by atoms with Crippen LogP contribution in [-0.4, -0.2) is 20.8 Å². The van der Waals surface area contributed by atoms with Crippen LogP contribution in [0.2, 0.25) is 0 Å². The predicted octanol–water partition coefficient (Wildman–Crippen LogP) is 2.93. The first-order chi connectivity index (χ1) is 8.19.